The van der Waals surface area contributed by atoms with Gasteiger partial charge in [0.15, 0.2) is 12.6 Å². The van der Waals surface area contributed by atoms with E-state index < -0.39 is 41.6 Å². The molecule has 232 valence electrons. The molecule has 3 saturated carbocycles. The highest BCUT2D eigenvalue weighted by atomic mass is 16.6. The van der Waals surface area contributed by atoms with Crippen LogP contribution < -0.4 is 10.6 Å². The number of hydrogen-bond donors (Lipinski definition) is 5. The number of nitrogens with one attached hydrogen (secondary N) is 2. The van der Waals surface area contributed by atoms with Gasteiger partial charge in [0.1, 0.15) is 11.6 Å². The van der Waals surface area contributed by atoms with Gasteiger partial charge in [-0.05, 0) is 93.5 Å². The minimum Gasteiger partial charge on any atom is -0.480 e. The van der Waals surface area contributed by atoms with Crippen molar-refractivity contribution in [3.8, 4) is 12.3 Å². The van der Waals surface area contributed by atoms with E-state index in [0.717, 1.165) is 50.7 Å². The smallest absolute Gasteiger partial charge is 0.328 e. The lowest BCUT2D eigenvalue weighted by Gasteiger charge is -2.58. The Morgan fingerprint density at radius 3 is 2.38 bits per heavy atom. The van der Waals surface area contributed by atoms with Crippen LogP contribution in [-0.2, 0) is 19.2 Å². The van der Waals surface area contributed by atoms with Gasteiger partial charge in [0.2, 0.25) is 5.91 Å². The number of allylic oxidation sites excluding steroid dienone is 2. The molecular formula is C32H47N3O7. The van der Waals surface area contributed by atoms with Crippen LogP contribution in [0.4, 0.5) is 0 Å². The third-order valence-corrected chi connectivity index (χ3v) is 11.1. The molecule has 0 radical (unpaired) electrons. The number of oxime groups is 1. The molecule has 4 rings (SSSR count). The summed E-state index contributed by atoms with van der Waals surface area (Å²) in [7, 11) is 0. The number of carboxylic acids is 1. The number of carboxylic acid groups (broad SMARTS) is 1. The fourth-order valence-electron chi connectivity index (χ4n) is 8.45. The maximum absolute atomic E-state index is 12.7. The van der Waals surface area contributed by atoms with Crippen molar-refractivity contribution in [2.75, 3.05) is 6.61 Å². The van der Waals surface area contributed by atoms with E-state index in [1.54, 1.807) is 13.8 Å². The first-order chi connectivity index (χ1) is 19.7. The van der Waals surface area contributed by atoms with Crippen molar-refractivity contribution in [3.63, 3.8) is 0 Å². The maximum atomic E-state index is 12.7. The number of hydrogen-bond acceptors (Lipinski definition) is 7. The SMILES string of the molecule is C#C[C@@]1(O)CC[C@@H]2[C@@H]3CCC4=C/C(=N\OCC(=O)N[C@H](C(=O)N[C@H](C(=O)O)[C@@H](C)O)C(C)C)CC[C@]4(C)[C@H]3CC[C@@]21C. The molecule has 0 unspecified atom stereocenters. The Kier molecular flexibility index (Phi) is 9.15. The average Bonchev–Trinajstić information content (AvgIpc) is 3.20. The molecule has 0 aromatic rings. The van der Waals surface area contributed by atoms with E-state index >= 15 is 0 Å². The summed E-state index contributed by atoms with van der Waals surface area (Å²) in [5.74, 6) is 1.31. The molecule has 0 aromatic carbocycles. The van der Waals surface area contributed by atoms with Crippen LogP contribution in [0, 0.1) is 46.8 Å². The fraction of sp³-hybridized carbons (Fsp3) is 0.750. The molecule has 42 heavy (non-hydrogen) atoms. The number of rotatable bonds is 9. The molecule has 0 bridgehead atoms. The molecule has 10 nitrogen and oxygen atoms in total. The molecule has 10 heteroatoms. The van der Waals surface area contributed by atoms with Gasteiger partial charge in [-0.2, -0.15) is 0 Å². The molecule has 0 aromatic heterocycles. The lowest BCUT2D eigenvalue weighted by Crippen LogP contribution is -2.56. The van der Waals surface area contributed by atoms with Gasteiger partial charge >= 0.3 is 5.97 Å². The summed E-state index contributed by atoms with van der Waals surface area (Å²) >= 11 is 0. The number of aliphatic carboxylic acids is 1. The number of carbonyl (C=O) groups excluding carboxylic acids is 2. The minimum absolute atomic E-state index is 0.0647. The van der Waals surface area contributed by atoms with E-state index in [2.05, 4.69) is 41.6 Å². The highest BCUT2D eigenvalue weighted by molar-refractivity contribution is 5.96. The maximum Gasteiger partial charge on any atom is 0.328 e. The van der Waals surface area contributed by atoms with Gasteiger partial charge in [0.25, 0.3) is 5.91 Å². The number of aliphatic hydroxyl groups is 2. The first kappa shape index (κ1) is 32.0. The number of terminal acetylenes is 1. The van der Waals surface area contributed by atoms with E-state index in [0.29, 0.717) is 24.2 Å². The van der Waals surface area contributed by atoms with Gasteiger partial charge in [-0.1, -0.05) is 44.3 Å². The number of nitrogens with zero attached hydrogens (tertiary/aromatic N) is 1. The minimum atomic E-state index is -1.49. The third kappa shape index (κ3) is 5.70. The Hall–Kier alpha value is -2.90. The number of fused-ring (bicyclic) bond motifs is 5. The summed E-state index contributed by atoms with van der Waals surface area (Å²) in [5.41, 5.74) is 0.998. The van der Waals surface area contributed by atoms with Crippen molar-refractivity contribution in [2.45, 2.75) is 110 Å². The standard InChI is InChI=1S/C32H47N3O7/c1-7-32(41)15-12-24-22-9-8-20-16-21(10-13-30(20,5)23(22)11-14-31(24,32)6)35-42-17-25(37)33-26(18(2)3)28(38)34-27(19(4)36)29(39)40/h1,16,18-19,22-24,26-27,36,41H,8-15,17H2,2-6H3,(H,33,37)(H,34,38)(H,39,40)/b35-21-/t19-,22-,23+,24-,26+,27+,30+,31+,32-/m1/s1. The Bertz CT molecular complexity index is 1190. The molecule has 2 amide bonds. The Labute approximate surface area is 248 Å². The molecule has 0 heterocycles. The van der Waals surface area contributed by atoms with Gasteiger partial charge < -0.3 is 30.8 Å². The van der Waals surface area contributed by atoms with E-state index in [4.69, 9.17) is 11.3 Å². The average molecular weight is 586 g/mol. The topological polar surface area (TPSA) is 158 Å². The highest BCUT2D eigenvalue weighted by Gasteiger charge is 2.63. The van der Waals surface area contributed by atoms with E-state index in [9.17, 15) is 29.7 Å². The van der Waals surface area contributed by atoms with Crippen molar-refractivity contribution < 1.29 is 34.5 Å². The van der Waals surface area contributed by atoms with Crippen molar-refractivity contribution >= 4 is 23.5 Å². The predicted molar refractivity (Wildman–Crippen MR) is 157 cm³/mol. The first-order valence-electron chi connectivity index (χ1n) is 15.3. The van der Waals surface area contributed by atoms with Gasteiger partial charge in [-0.3, -0.25) is 9.59 Å². The Morgan fingerprint density at radius 2 is 1.76 bits per heavy atom. The van der Waals surface area contributed by atoms with Crippen LogP contribution in [0.3, 0.4) is 0 Å². The second kappa shape index (κ2) is 12.0. The zero-order valence-corrected chi connectivity index (χ0v) is 25.5. The van der Waals surface area contributed by atoms with Crippen LogP contribution in [0.2, 0.25) is 0 Å². The predicted octanol–water partition coefficient (Wildman–Crippen LogP) is 2.78. The zero-order valence-electron chi connectivity index (χ0n) is 25.5. The monoisotopic (exact) mass is 585 g/mol. The van der Waals surface area contributed by atoms with Crippen LogP contribution in [0.1, 0.15) is 86.0 Å². The van der Waals surface area contributed by atoms with Crippen molar-refractivity contribution in [1.82, 2.24) is 10.6 Å². The fourth-order valence-corrected chi connectivity index (χ4v) is 8.45. The van der Waals surface area contributed by atoms with E-state index in [1.807, 2.05) is 0 Å². The zero-order chi connectivity index (χ0) is 31.0. The second-order valence-electron chi connectivity index (χ2n) is 13.7. The number of amides is 2. The van der Waals surface area contributed by atoms with E-state index in [1.165, 1.54) is 12.5 Å². The van der Waals surface area contributed by atoms with Gasteiger partial charge in [0, 0.05) is 5.41 Å². The van der Waals surface area contributed by atoms with Crippen molar-refractivity contribution in [3.05, 3.63) is 11.6 Å². The molecule has 0 saturated heterocycles. The highest BCUT2D eigenvalue weighted by Crippen LogP contribution is 2.67. The van der Waals surface area contributed by atoms with Crippen LogP contribution >= 0.6 is 0 Å². The van der Waals surface area contributed by atoms with Crippen molar-refractivity contribution in [2.24, 2.45) is 39.7 Å². The summed E-state index contributed by atoms with van der Waals surface area (Å²) < 4.78 is 0. The van der Waals surface area contributed by atoms with Crippen LogP contribution in [-0.4, -0.2) is 69.2 Å². The van der Waals surface area contributed by atoms with Crippen LogP contribution in [0.5, 0.6) is 0 Å². The molecule has 5 N–H and O–H groups in total. The molecular weight excluding hydrogens is 538 g/mol. The lowest BCUT2D eigenvalue weighted by molar-refractivity contribution is -0.145. The van der Waals surface area contributed by atoms with Gasteiger partial charge in [-0.15, -0.1) is 6.42 Å². The Balaban J connectivity index is 1.36. The lowest BCUT2D eigenvalue weighted by atomic mass is 9.46. The molecule has 0 spiro atoms. The first-order valence-corrected chi connectivity index (χ1v) is 15.3. The normalized spacial score (nSPS) is 36.8. The molecule has 0 aliphatic heterocycles. The van der Waals surface area contributed by atoms with Gasteiger partial charge in [-0.25, -0.2) is 4.79 Å². The molecule has 4 aliphatic carbocycles. The summed E-state index contributed by atoms with van der Waals surface area (Å²) in [4.78, 5) is 42.0. The van der Waals surface area contributed by atoms with Crippen molar-refractivity contribution in [1.29, 1.82) is 0 Å². The summed E-state index contributed by atoms with van der Waals surface area (Å²) in [6, 6.07) is -2.49. The van der Waals surface area contributed by atoms with Gasteiger partial charge in [0.05, 0.1) is 11.8 Å². The number of aliphatic hydroxyl groups excluding tert-OH is 1. The van der Waals surface area contributed by atoms with Crippen LogP contribution in [0.25, 0.3) is 0 Å². The molecule has 3 fully saturated rings. The summed E-state index contributed by atoms with van der Waals surface area (Å²) in [6.07, 6.45) is 14.0. The quantitative estimate of drug-likeness (QED) is 0.206. The molecule has 4 aliphatic rings. The Morgan fingerprint density at radius 1 is 1.07 bits per heavy atom. The second-order valence-corrected chi connectivity index (χ2v) is 13.7. The summed E-state index contributed by atoms with van der Waals surface area (Å²) in [6.45, 7) is 8.89. The number of carbonyl (C=O) groups is 3. The van der Waals surface area contributed by atoms with E-state index in [-0.39, 0.29) is 23.4 Å². The molecule has 9 atom stereocenters. The largest absolute Gasteiger partial charge is 0.480 e. The van der Waals surface area contributed by atoms with Crippen LogP contribution in [0.15, 0.2) is 16.8 Å². The third-order valence-electron chi connectivity index (χ3n) is 11.1. The summed E-state index contributed by atoms with van der Waals surface area (Å²) in [5, 5.41) is 39.2.